The van der Waals surface area contributed by atoms with E-state index < -0.39 is 0 Å². The van der Waals surface area contributed by atoms with Crippen LogP contribution in [0.4, 0.5) is 0 Å². The Kier molecular flexibility index (Phi) is 5.07. The maximum atomic E-state index is 8.57. The molecule has 14 heavy (non-hydrogen) atoms. The van der Waals surface area contributed by atoms with Crippen LogP contribution in [0.2, 0.25) is 10.6 Å². The summed E-state index contributed by atoms with van der Waals surface area (Å²) in [5.41, 5.74) is 0. The Labute approximate surface area is 92.3 Å². The van der Waals surface area contributed by atoms with Crippen LogP contribution in [0, 0.1) is 0 Å². The number of aliphatic hydroxyl groups is 1. The lowest BCUT2D eigenvalue weighted by molar-refractivity contribution is 0.283. The molecule has 0 fully saturated rings. The van der Waals surface area contributed by atoms with Gasteiger partial charge in [-0.2, -0.15) is 4.98 Å². The second kappa shape index (κ2) is 6.11. The van der Waals surface area contributed by atoms with Crippen LogP contribution in [0.5, 0.6) is 0 Å². The Morgan fingerprint density at radius 3 is 2.14 bits per heavy atom. The fraction of sp³-hybridized carbons (Fsp3) is 0.625. The van der Waals surface area contributed by atoms with Gasteiger partial charge in [0.05, 0.1) is 0 Å². The third-order valence-corrected chi connectivity index (χ3v) is 2.02. The van der Waals surface area contributed by atoms with Gasteiger partial charge in [0, 0.05) is 13.0 Å². The Morgan fingerprint density at radius 1 is 0.929 bits per heavy atom. The van der Waals surface area contributed by atoms with E-state index in [1.807, 2.05) is 0 Å². The number of halogens is 2. The SMILES string of the molecule is OCCCCCc1nc(Cl)nc(Cl)n1. The van der Waals surface area contributed by atoms with Crippen molar-refractivity contribution in [2.45, 2.75) is 25.7 Å². The first-order valence-corrected chi connectivity index (χ1v) is 5.15. The van der Waals surface area contributed by atoms with Crippen molar-refractivity contribution in [1.82, 2.24) is 15.0 Å². The number of aliphatic hydroxyl groups excluding tert-OH is 1. The number of rotatable bonds is 5. The minimum Gasteiger partial charge on any atom is -0.396 e. The maximum Gasteiger partial charge on any atom is 0.226 e. The molecule has 0 saturated heterocycles. The van der Waals surface area contributed by atoms with Crippen molar-refractivity contribution in [3.05, 3.63) is 16.4 Å². The van der Waals surface area contributed by atoms with Crippen LogP contribution >= 0.6 is 23.2 Å². The number of aromatic nitrogens is 3. The number of aryl methyl sites for hydroxylation is 1. The standard InChI is InChI=1S/C8H11Cl2N3O/c9-7-11-6(12-8(10)13-7)4-2-1-3-5-14/h14H,1-5H2. The van der Waals surface area contributed by atoms with Gasteiger partial charge in [-0.1, -0.05) is 6.42 Å². The molecule has 1 aromatic rings. The molecule has 0 atom stereocenters. The third-order valence-electron chi connectivity index (χ3n) is 1.69. The van der Waals surface area contributed by atoms with Crippen molar-refractivity contribution in [2.24, 2.45) is 0 Å². The fourth-order valence-electron chi connectivity index (χ4n) is 1.05. The van der Waals surface area contributed by atoms with Gasteiger partial charge in [-0.05, 0) is 36.0 Å². The summed E-state index contributed by atoms with van der Waals surface area (Å²) in [6.45, 7) is 0.221. The zero-order chi connectivity index (χ0) is 10.4. The van der Waals surface area contributed by atoms with E-state index in [1.165, 1.54) is 0 Å². The van der Waals surface area contributed by atoms with Gasteiger partial charge >= 0.3 is 0 Å². The lowest BCUT2D eigenvalue weighted by Gasteiger charge is -1.99. The molecule has 1 N–H and O–H groups in total. The average molecular weight is 236 g/mol. The molecule has 78 valence electrons. The van der Waals surface area contributed by atoms with Gasteiger partial charge in [0.1, 0.15) is 5.82 Å². The van der Waals surface area contributed by atoms with Crippen molar-refractivity contribution in [1.29, 1.82) is 0 Å². The predicted molar refractivity (Wildman–Crippen MR) is 54.5 cm³/mol. The van der Waals surface area contributed by atoms with Crippen molar-refractivity contribution in [3.63, 3.8) is 0 Å². The first-order valence-electron chi connectivity index (χ1n) is 4.39. The highest BCUT2D eigenvalue weighted by Gasteiger charge is 2.02. The fourth-order valence-corrected chi connectivity index (χ4v) is 1.45. The second-order valence-electron chi connectivity index (χ2n) is 2.82. The molecular weight excluding hydrogens is 225 g/mol. The van der Waals surface area contributed by atoms with Crippen LogP contribution in [-0.4, -0.2) is 26.7 Å². The van der Waals surface area contributed by atoms with E-state index in [9.17, 15) is 0 Å². The minimum absolute atomic E-state index is 0.127. The normalized spacial score (nSPS) is 10.5. The molecule has 1 aromatic heterocycles. The number of unbranched alkanes of at least 4 members (excludes halogenated alkanes) is 2. The third kappa shape index (κ3) is 4.17. The predicted octanol–water partition coefficient (Wildman–Crippen LogP) is 1.88. The monoisotopic (exact) mass is 235 g/mol. The van der Waals surface area contributed by atoms with Gasteiger partial charge in [0.2, 0.25) is 10.6 Å². The highest BCUT2D eigenvalue weighted by molar-refractivity contribution is 6.30. The van der Waals surface area contributed by atoms with E-state index in [0.29, 0.717) is 12.2 Å². The summed E-state index contributed by atoms with van der Waals surface area (Å²) < 4.78 is 0. The van der Waals surface area contributed by atoms with Crippen LogP contribution < -0.4 is 0 Å². The van der Waals surface area contributed by atoms with Crippen molar-refractivity contribution < 1.29 is 5.11 Å². The summed E-state index contributed by atoms with van der Waals surface area (Å²) in [4.78, 5) is 11.5. The highest BCUT2D eigenvalue weighted by Crippen LogP contribution is 2.08. The zero-order valence-corrected chi connectivity index (χ0v) is 9.09. The summed E-state index contributed by atoms with van der Waals surface area (Å²) in [5.74, 6) is 0.605. The molecule has 0 aliphatic rings. The van der Waals surface area contributed by atoms with E-state index >= 15 is 0 Å². The van der Waals surface area contributed by atoms with Crippen LogP contribution in [0.1, 0.15) is 25.1 Å². The first kappa shape index (κ1) is 11.6. The van der Waals surface area contributed by atoms with E-state index in [4.69, 9.17) is 28.3 Å². The van der Waals surface area contributed by atoms with E-state index in [2.05, 4.69) is 15.0 Å². The first-order chi connectivity index (χ1) is 6.72. The molecule has 0 aliphatic heterocycles. The van der Waals surface area contributed by atoms with Gasteiger partial charge in [0.25, 0.3) is 0 Å². The van der Waals surface area contributed by atoms with E-state index in [1.54, 1.807) is 0 Å². The Bertz CT molecular complexity index is 276. The molecule has 0 amide bonds. The zero-order valence-electron chi connectivity index (χ0n) is 7.58. The molecule has 4 nitrogen and oxygen atoms in total. The molecule has 0 aromatic carbocycles. The molecule has 0 aliphatic carbocycles. The minimum atomic E-state index is 0.127. The summed E-state index contributed by atoms with van der Waals surface area (Å²) >= 11 is 11.2. The lowest BCUT2D eigenvalue weighted by atomic mass is 10.2. The van der Waals surface area contributed by atoms with Crippen LogP contribution in [0.15, 0.2) is 0 Å². The Balaban J connectivity index is 2.42. The second-order valence-corrected chi connectivity index (χ2v) is 3.50. The maximum absolute atomic E-state index is 8.57. The Hall–Kier alpha value is -0.450. The molecule has 1 heterocycles. The topological polar surface area (TPSA) is 58.9 Å². The number of nitrogens with zero attached hydrogens (tertiary/aromatic N) is 3. The molecule has 0 spiro atoms. The largest absolute Gasteiger partial charge is 0.396 e. The molecule has 0 radical (unpaired) electrons. The Morgan fingerprint density at radius 2 is 1.57 bits per heavy atom. The van der Waals surface area contributed by atoms with Gasteiger partial charge in [0.15, 0.2) is 0 Å². The van der Waals surface area contributed by atoms with Crippen molar-refractivity contribution in [3.8, 4) is 0 Å². The molecule has 1 rings (SSSR count). The molecule has 0 bridgehead atoms. The summed E-state index contributed by atoms with van der Waals surface area (Å²) in [6, 6.07) is 0. The van der Waals surface area contributed by atoms with E-state index in [0.717, 1.165) is 19.3 Å². The number of hydrogen-bond acceptors (Lipinski definition) is 4. The van der Waals surface area contributed by atoms with E-state index in [-0.39, 0.29) is 17.2 Å². The molecule has 0 saturated carbocycles. The van der Waals surface area contributed by atoms with Gasteiger partial charge < -0.3 is 5.11 Å². The summed E-state index contributed by atoms with van der Waals surface area (Å²) in [6.07, 6.45) is 3.36. The van der Waals surface area contributed by atoms with Gasteiger partial charge in [-0.15, -0.1) is 0 Å². The molecular formula is C8H11Cl2N3O. The van der Waals surface area contributed by atoms with Gasteiger partial charge in [-0.3, -0.25) is 0 Å². The smallest absolute Gasteiger partial charge is 0.226 e. The molecule has 6 heteroatoms. The van der Waals surface area contributed by atoms with Gasteiger partial charge in [-0.25, -0.2) is 9.97 Å². The summed E-state index contributed by atoms with van der Waals surface area (Å²) in [7, 11) is 0. The summed E-state index contributed by atoms with van der Waals surface area (Å²) in [5, 5.41) is 8.82. The average Bonchev–Trinajstić information content (AvgIpc) is 2.11. The van der Waals surface area contributed by atoms with Crippen LogP contribution in [0.3, 0.4) is 0 Å². The van der Waals surface area contributed by atoms with Crippen LogP contribution in [0.25, 0.3) is 0 Å². The van der Waals surface area contributed by atoms with Crippen molar-refractivity contribution >= 4 is 23.2 Å². The quantitative estimate of drug-likeness (QED) is 0.793. The highest BCUT2D eigenvalue weighted by atomic mass is 35.5. The van der Waals surface area contributed by atoms with Crippen LogP contribution in [-0.2, 0) is 6.42 Å². The lowest BCUT2D eigenvalue weighted by Crippen LogP contribution is -1.98. The molecule has 0 unspecified atom stereocenters. The number of hydrogen-bond donors (Lipinski definition) is 1. The van der Waals surface area contributed by atoms with Crippen molar-refractivity contribution in [2.75, 3.05) is 6.61 Å².